The Labute approximate surface area is 303 Å². The molecule has 1 aliphatic rings. The summed E-state index contributed by atoms with van der Waals surface area (Å²) in [5.41, 5.74) is 2.10. The predicted molar refractivity (Wildman–Crippen MR) is 189 cm³/mol. The number of benzene rings is 3. The molecule has 0 aliphatic carbocycles. The van der Waals surface area contributed by atoms with Crippen LogP contribution in [-0.4, -0.2) is 66.5 Å². The highest BCUT2D eigenvalue weighted by molar-refractivity contribution is 7.92. The lowest BCUT2D eigenvalue weighted by molar-refractivity contribution is -0.192. The van der Waals surface area contributed by atoms with Crippen molar-refractivity contribution in [3.8, 4) is 0 Å². The molecule has 4 N–H and O–H groups in total. The number of nitrogens with zero attached hydrogens (tertiary/aromatic N) is 3. The molecule has 2 heterocycles. The van der Waals surface area contributed by atoms with Crippen LogP contribution in [0.1, 0.15) is 62.4 Å². The number of aliphatic carboxylic acids is 1. The van der Waals surface area contributed by atoms with Crippen LogP contribution in [0.4, 0.5) is 33.7 Å². The molecule has 5 rings (SSSR count). The van der Waals surface area contributed by atoms with Crippen molar-refractivity contribution in [2.45, 2.75) is 68.4 Å². The van der Waals surface area contributed by atoms with E-state index in [2.05, 4.69) is 10.3 Å². The van der Waals surface area contributed by atoms with Crippen molar-refractivity contribution in [2.24, 2.45) is 5.84 Å². The molecule has 17 heteroatoms. The summed E-state index contributed by atoms with van der Waals surface area (Å²) in [4.78, 5) is 41.5. The maximum absolute atomic E-state index is 15.7. The number of rotatable bonds is 9. The Kier molecular flexibility index (Phi) is 12.7. The van der Waals surface area contributed by atoms with Crippen LogP contribution >= 0.6 is 0 Å². The van der Waals surface area contributed by atoms with E-state index in [1.54, 1.807) is 55.4 Å². The van der Waals surface area contributed by atoms with E-state index >= 15 is 4.39 Å². The van der Waals surface area contributed by atoms with E-state index in [9.17, 15) is 31.2 Å². The minimum atomic E-state index is -5.08. The largest absolute Gasteiger partial charge is 0.490 e. The van der Waals surface area contributed by atoms with Crippen molar-refractivity contribution >= 4 is 50.0 Å². The molecule has 0 radical (unpaired) electrons. The van der Waals surface area contributed by atoms with Gasteiger partial charge in [-0.1, -0.05) is 25.1 Å². The Hall–Kier alpha value is -5.29. The van der Waals surface area contributed by atoms with E-state index in [1.165, 1.54) is 30.3 Å². The highest BCUT2D eigenvalue weighted by Crippen LogP contribution is 2.41. The number of aryl methyl sites for hydroxylation is 1. The number of carboxylic acids is 1. The van der Waals surface area contributed by atoms with Gasteiger partial charge in [-0.15, -0.1) is 0 Å². The van der Waals surface area contributed by atoms with E-state index < -0.39 is 57.1 Å². The number of hydrogen-bond donors (Lipinski definition) is 3. The number of carbonyl (C=O) groups is 3. The number of alkyl halides is 3. The maximum Gasteiger partial charge on any atom is 0.490 e. The Balaban J connectivity index is 0.000000815. The van der Waals surface area contributed by atoms with Gasteiger partial charge in [0.05, 0.1) is 29.0 Å². The number of nitrogens with one attached hydrogen (secondary N) is 1. The van der Waals surface area contributed by atoms with Crippen LogP contribution in [0.2, 0.25) is 0 Å². The lowest BCUT2D eigenvalue weighted by Gasteiger charge is -2.35. The number of carbonyl (C=O) groups excluding carboxylic acids is 2. The van der Waals surface area contributed by atoms with Gasteiger partial charge in [-0.05, 0) is 92.1 Å². The second-order valence-corrected chi connectivity index (χ2v) is 14.9. The third-order valence-electron chi connectivity index (χ3n) is 8.70. The van der Waals surface area contributed by atoms with Gasteiger partial charge in [0.1, 0.15) is 5.82 Å². The molecule has 0 saturated carbocycles. The summed E-state index contributed by atoms with van der Waals surface area (Å²) in [6.45, 7) is 5.40. The fourth-order valence-corrected chi connectivity index (χ4v) is 7.17. The van der Waals surface area contributed by atoms with Gasteiger partial charge in [0.25, 0.3) is 5.91 Å². The van der Waals surface area contributed by atoms with E-state index in [0.29, 0.717) is 42.7 Å². The zero-order chi connectivity index (χ0) is 39.2. The minimum Gasteiger partial charge on any atom is -0.475 e. The number of likely N-dealkylation sites (tertiary alicyclic amines) is 1. The van der Waals surface area contributed by atoms with Gasteiger partial charge in [0, 0.05) is 35.6 Å². The number of aromatic nitrogens is 1. The summed E-state index contributed by atoms with van der Waals surface area (Å²) >= 11 is 0. The van der Waals surface area contributed by atoms with E-state index in [4.69, 9.17) is 20.5 Å². The van der Waals surface area contributed by atoms with E-state index in [-0.39, 0.29) is 10.5 Å². The smallest absolute Gasteiger partial charge is 0.475 e. The van der Waals surface area contributed by atoms with Gasteiger partial charge in [-0.25, -0.2) is 28.2 Å². The molecule has 2 amide bonds. The monoisotopic (exact) mass is 761 g/mol. The topological polar surface area (TPSA) is 172 Å². The zero-order valence-corrected chi connectivity index (χ0v) is 30.0. The standard InChI is InChI=1S/C34H38FN5O5S.C2HF3O2/c1-5-22-8-12-29(35)27(17-22)32(40(36)26-11-9-24-20-37-15-14-23(24)18-26)33(41)39-16-6-7-30(39)28-19-25(38-34(42)45-4)10-13-31(28)46(43,44)21(2)3;3-2(4,5)1(6)7/h8-15,17-21,30,32H,5-7,16,36H2,1-4H3,(H,38,42);(H,6,7)/t30-,32+;/m1./s1. The van der Waals surface area contributed by atoms with Gasteiger partial charge >= 0.3 is 18.2 Å². The molecule has 12 nitrogen and oxygen atoms in total. The van der Waals surface area contributed by atoms with Crippen molar-refractivity contribution in [1.82, 2.24) is 9.88 Å². The molecule has 2 atom stereocenters. The first-order valence-electron chi connectivity index (χ1n) is 16.4. The van der Waals surface area contributed by atoms with Gasteiger partial charge in [0.2, 0.25) is 0 Å². The van der Waals surface area contributed by atoms with Crippen LogP contribution in [0, 0.1) is 5.82 Å². The number of carboxylic acid groups (broad SMARTS) is 1. The third kappa shape index (κ3) is 9.21. The van der Waals surface area contributed by atoms with Crippen LogP contribution < -0.4 is 16.2 Å². The quantitative estimate of drug-likeness (QED) is 0.0945. The second-order valence-electron chi connectivity index (χ2n) is 12.4. The number of anilines is 2. The number of sulfone groups is 1. The highest BCUT2D eigenvalue weighted by atomic mass is 32.2. The summed E-state index contributed by atoms with van der Waals surface area (Å²) in [7, 11) is -2.57. The number of pyridine rings is 1. The van der Waals surface area contributed by atoms with Crippen LogP contribution in [0.5, 0.6) is 0 Å². The number of hydrazine groups is 1. The molecule has 1 saturated heterocycles. The number of amides is 2. The van der Waals surface area contributed by atoms with E-state index in [1.807, 2.05) is 25.1 Å². The van der Waals surface area contributed by atoms with Crippen molar-refractivity contribution in [1.29, 1.82) is 0 Å². The number of methoxy groups -OCH3 is 1. The highest BCUT2D eigenvalue weighted by Gasteiger charge is 2.41. The van der Waals surface area contributed by atoms with Crippen LogP contribution in [0.15, 0.2) is 78.0 Å². The summed E-state index contributed by atoms with van der Waals surface area (Å²) < 4.78 is 79.2. The molecule has 1 aromatic heterocycles. The van der Waals surface area contributed by atoms with Crippen molar-refractivity contribution in [3.05, 3.63) is 95.6 Å². The number of fused-ring (bicyclic) bond motifs is 1. The molecular formula is C36H39F4N5O7S. The summed E-state index contributed by atoms with van der Waals surface area (Å²) in [6.07, 6.45) is -0.796. The molecule has 53 heavy (non-hydrogen) atoms. The van der Waals surface area contributed by atoms with Gasteiger partial charge in [-0.3, -0.25) is 20.1 Å². The lowest BCUT2D eigenvalue weighted by Crippen LogP contribution is -2.46. The van der Waals surface area contributed by atoms with Gasteiger partial charge in [0.15, 0.2) is 15.9 Å². The summed E-state index contributed by atoms with van der Waals surface area (Å²) in [6, 6.07) is 14.4. The maximum atomic E-state index is 15.7. The molecule has 1 fully saturated rings. The molecule has 3 aromatic carbocycles. The van der Waals surface area contributed by atoms with E-state index in [0.717, 1.165) is 16.3 Å². The Morgan fingerprint density at radius 1 is 1.08 bits per heavy atom. The first-order valence-corrected chi connectivity index (χ1v) is 17.9. The second kappa shape index (κ2) is 16.6. The number of hydrogen-bond acceptors (Lipinski definition) is 9. The summed E-state index contributed by atoms with van der Waals surface area (Å²) in [5.74, 6) is 2.93. The Morgan fingerprint density at radius 2 is 1.77 bits per heavy atom. The molecule has 4 aromatic rings. The van der Waals surface area contributed by atoms with Crippen molar-refractivity contribution < 1.29 is 50.2 Å². The molecule has 284 valence electrons. The fourth-order valence-electron chi connectivity index (χ4n) is 5.88. The average molecular weight is 762 g/mol. The van der Waals surface area contributed by atoms with Crippen molar-refractivity contribution in [3.63, 3.8) is 0 Å². The Morgan fingerprint density at radius 3 is 2.40 bits per heavy atom. The van der Waals surface area contributed by atoms with Crippen LogP contribution in [0.25, 0.3) is 10.8 Å². The molecule has 0 spiro atoms. The normalized spacial score (nSPS) is 15.1. The molecular weight excluding hydrogens is 722 g/mol. The molecule has 0 unspecified atom stereocenters. The summed E-state index contributed by atoms with van der Waals surface area (Å²) in [5, 5.41) is 12.0. The fraction of sp³-hybridized carbons (Fsp3) is 0.333. The predicted octanol–water partition coefficient (Wildman–Crippen LogP) is 6.72. The Bertz CT molecular complexity index is 2100. The minimum absolute atomic E-state index is 0.0612. The first-order chi connectivity index (χ1) is 24.9. The van der Waals surface area contributed by atoms with Gasteiger partial charge < -0.3 is 14.7 Å². The van der Waals surface area contributed by atoms with Crippen LogP contribution in [-0.2, 0) is 30.6 Å². The van der Waals surface area contributed by atoms with Crippen LogP contribution in [0.3, 0.4) is 0 Å². The number of nitrogens with two attached hydrogens (primary N) is 1. The van der Waals surface area contributed by atoms with Crippen molar-refractivity contribution in [2.75, 3.05) is 24.0 Å². The zero-order valence-electron chi connectivity index (χ0n) is 29.2. The molecule has 1 aliphatic heterocycles. The number of halogens is 4. The lowest BCUT2D eigenvalue weighted by atomic mass is 9.98. The number of ether oxygens (including phenoxy) is 1. The SMILES string of the molecule is CCc1ccc(F)c([C@@H](C(=O)N2CCC[C@@H]2c2cc(NC(=O)OC)ccc2S(=O)(=O)C(C)C)N(N)c2ccc3cnccc3c2)c1.O=C(O)C(F)(F)F. The average Bonchev–Trinajstić information content (AvgIpc) is 3.62. The van der Waals surface area contributed by atoms with Gasteiger partial charge in [-0.2, -0.15) is 13.2 Å². The third-order valence-corrected chi connectivity index (χ3v) is 10.9. The first kappa shape index (κ1) is 40.5. The molecule has 0 bridgehead atoms.